The number of carbonyl (C=O) groups is 1. The highest BCUT2D eigenvalue weighted by Gasteiger charge is 2.20. The fourth-order valence-electron chi connectivity index (χ4n) is 4.69. The summed E-state index contributed by atoms with van der Waals surface area (Å²) in [6, 6.07) is 16.7. The maximum absolute atomic E-state index is 14.7. The van der Waals surface area contributed by atoms with Gasteiger partial charge in [-0.2, -0.15) is 0 Å². The second-order valence-corrected chi connectivity index (χ2v) is 9.43. The van der Waals surface area contributed by atoms with Gasteiger partial charge in [0.15, 0.2) is 0 Å². The number of anilines is 1. The van der Waals surface area contributed by atoms with Crippen LogP contribution in [-0.2, 0) is 0 Å². The molecule has 8 nitrogen and oxygen atoms in total. The van der Waals surface area contributed by atoms with Crippen LogP contribution >= 0.6 is 0 Å². The minimum Gasteiger partial charge on any atom is -0.478 e. The maximum atomic E-state index is 14.7. The van der Waals surface area contributed by atoms with E-state index in [-0.39, 0.29) is 16.8 Å². The number of hydrogen-bond acceptors (Lipinski definition) is 6. The van der Waals surface area contributed by atoms with Crippen molar-refractivity contribution >= 4 is 17.3 Å². The molecule has 0 spiro atoms. The van der Waals surface area contributed by atoms with Gasteiger partial charge in [-0.25, -0.2) is 24.1 Å². The minimum absolute atomic E-state index is 0.0842. The number of rotatable bonds is 6. The van der Waals surface area contributed by atoms with E-state index in [9.17, 15) is 19.1 Å². The number of nitrogens with zero attached hydrogens (tertiary/aromatic N) is 4. The lowest BCUT2D eigenvalue weighted by Crippen LogP contribution is -2.22. The molecule has 0 aliphatic carbocycles. The molecule has 39 heavy (non-hydrogen) atoms. The number of nitrogens with one attached hydrogen (secondary N) is 1. The molecule has 0 aliphatic heterocycles. The van der Waals surface area contributed by atoms with Crippen LogP contribution < -0.4 is 10.9 Å². The van der Waals surface area contributed by atoms with Crippen LogP contribution in [0, 0.1) is 26.6 Å². The Morgan fingerprint density at radius 2 is 1.67 bits per heavy atom. The fraction of sp³-hybridized carbons (Fsp3) is 0.167. The van der Waals surface area contributed by atoms with Crippen molar-refractivity contribution in [2.45, 2.75) is 33.7 Å². The zero-order valence-corrected chi connectivity index (χ0v) is 21.9. The van der Waals surface area contributed by atoms with Crippen molar-refractivity contribution in [1.82, 2.24) is 19.4 Å². The molecule has 0 fully saturated rings. The molecule has 0 saturated carbocycles. The topological polar surface area (TPSA) is 109 Å². The normalized spacial score (nSPS) is 11.9. The Hall–Kier alpha value is -4.92. The van der Waals surface area contributed by atoms with Gasteiger partial charge in [-0.15, -0.1) is 0 Å². The lowest BCUT2D eigenvalue weighted by atomic mass is 10.0. The molecule has 1 atom stereocenters. The molecule has 3 heterocycles. The van der Waals surface area contributed by atoms with E-state index in [2.05, 4.69) is 15.3 Å². The van der Waals surface area contributed by atoms with Crippen molar-refractivity contribution in [3.8, 4) is 22.5 Å². The lowest BCUT2D eigenvalue weighted by Gasteiger charge is -2.20. The maximum Gasteiger partial charge on any atom is 0.337 e. The van der Waals surface area contributed by atoms with Gasteiger partial charge in [0.2, 0.25) is 0 Å². The number of halogens is 1. The van der Waals surface area contributed by atoms with E-state index < -0.39 is 17.8 Å². The molecule has 0 saturated heterocycles. The number of hydrogen-bond donors (Lipinski definition) is 2. The summed E-state index contributed by atoms with van der Waals surface area (Å²) < 4.78 is 15.9. The van der Waals surface area contributed by atoms with E-state index in [0.717, 1.165) is 28.7 Å². The second kappa shape index (κ2) is 10.1. The van der Waals surface area contributed by atoms with E-state index in [0.29, 0.717) is 28.3 Å². The molecule has 2 aromatic carbocycles. The van der Waals surface area contributed by atoms with Crippen LogP contribution in [0.1, 0.15) is 46.0 Å². The average Bonchev–Trinajstić information content (AvgIpc) is 2.90. The number of carboxylic acid groups (broad SMARTS) is 1. The number of para-hydroxylation sites is 1. The summed E-state index contributed by atoms with van der Waals surface area (Å²) in [5.41, 5.74) is 4.92. The monoisotopic (exact) mass is 523 g/mol. The van der Waals surface area contributed by atoms with E-state index in [1.54, 1.807) is 32.0 Å². The molecule has 0 aliphatic rings. The molecule has 0 bridgehead atoms. The highest BCUT2D eigenvalue weighted by atomic mass is 19.1. The smallest absolute Gasteiger partial charge is 0.337 e. The van der Waals surface area contributed by atoms with Crippen LogP contribution in [0.2, 0.25) is 0 Å². The van der Waals surface area contributed by atoms with Gasteiger partial charge in [0.05, 0.1) is 23.0 Å². The molecule has 2 N–H and O–H groups in total. The molecular weight excluding hydrogens is 497 g/mol. The predicted octanol–water partition coefficient (Wildman–Crippen LogP) is 5.75. The van der Waals surface area contributed by atoms with Gasteiger partial charge in [0, 0.05) is 39.8 Å². The number of aromatic carboxylic acids is 1. The first kappa shape index (κ1) is 25.7. The van der Waals surface area contributed by atoms with Crippen molar-refractivity contribution in [2.24, 2.45) is 0 Å². The van der Waals surface area contributed by atoms with Gasteiger partial charge in [-0.05, 0) is 52.0 Å². The third-order valence-corrected chi connectivity index (χ3v) is 6.56. The quantitative estimate of drug-likeness (QED) is 0.291. The van der Waals surface area contributed by atoms with E-state index >= 15 is 0 Å². The van der Waals surface area contributed by atoms with Crippen molar-refractivity contribution < 1.29 is 14.3 Å². The Kier molecular flexibility index (Phi) is 6.66. The van der Waals surface area contributed by atoms with E-state index in [1.165, 1.54) is 16.5 Å². The highest BCUT2D eigenvalue weighted by Crippen LogP contribution is 2.29. The van der Waals surface area contributed by atoms with Crippen LogP contribution in [0.5, 0.6) is 0 Å². The molecule has 196 valence electrons. The summed E-state index contributed by atoms with van der Waals surface area (Å²) in [6.45, 7) is 7.19. The highest BCUT2D eigenvalue weighted by molar-refractivity contribution is 5.94. The molecule has 3 aromatic heterocycles. The van der Waals surface area contributed by atoms with Crippen LogP contribution in [0.15, 0.2) is 71.7 Å². The number of aryl methyl sites for hydroxylation is 2. The molecule has 0 amide bonds. The SMILES string of the molecule is Cc1cc(-c2ccc(-c3nc4c([C@@H](C)Nc5ccccc5C(=O)O)cc(F)cn4c(=O)c3C)cc2)nc(C)n1. The molecule has 5 rings (SSSR count). The molecule has 0 unspecified atom stereocenters. The summed E-state index contributed by atoms with van der Waals surface area (Å²) >= 11 is 0. The third-order valence-electron chi connectivity index (χ3n) is 6.56. The summed E-state index contributed by atoms with van der Waals surface area (Å²) in [7, 11) is 0. The Morgan fingerprint density at radius 1 is 0.974 bits per heavy atom. The number of carboxylic acids is 1. The van der Waals surface area contributed by atoms with Crippen LogP contribution in [0.4, 0.5) is 10.1 Å². The standard InChI is InChI=1S/C30H26FN5O3/c1-16-13-26(34-19(4)32-16)20-9-11-21(12-10-20)27-17(2)29(37)36-15-22(31)14-24(28(36)35-27)18(3)33-25-8-6-5-7-23(25)30(38)39/h5-15,18,33H,1-4H3,(H,38,39)/t18-/m1/s1. The summed E-state index contributed by atoms with van der Waals surface area (Å²) in [5.74, 6) is -1.01. The summed E-state index contributed by atoms with van der Waals surface area (Å²) in [4.78, 5) is 38.7. The largest absolute Gasteiger partial charge is 0.478 e. The van der Waals surface area contributed by atoms with Gasteiger partial charge in [-0.1, -0.05) is 36.4 Å². The number of aromatic nitrogens is 4. The zero-order valence-electron chi connectivity index (χ0n) is 21.9. The van der Waals surface area contributed by atoms with Gasteiger partial charge in [0.1, 0.15) is 17.3 Å². The van der Waals surface area contributed by atoms with Crippen LogP contribution in [0.25, 0.3) is 28.2 Å². The Balaban J connectivity index is 1.60. The van der Waals surface area contributed by atoms with Gasteiger partial charge < -0.3 is 10.4 Å². The molecule has 5 aromatic rings. The first-order valence-corrected chi connectivity index (χ1v) is 12.4. The Morgan fingerprint density at radius 3 is 2.36 bits per heavy atom. The van der Waals surface area contributed by atoms with E-state index in [4.69, 9.17) is 4.98 Å². The molecule has 9 heteroatoms. The van der Waals surface area contributed by atoms with Gasteiger partial charge in [0.25, 0.3) is 5.56 Å². The first-order chi connectivity index (χ1) is 18.6. The van der Waals surface area contributed by atoms with Gasteiger partial charge in [-0.3, -0.25) is 9.20 Å². The third kappa shape index (κ3) is 4.98. The second-order valence-electron chi connectivity index (χ2n) is 9.43. The van der Waals surface area contributed by atoms with Crippen molar-refractivity contribution in [2.75, 3.05) is 5.32 Å². The van der Waals surface area contributed by atoms with Crippen molar-refractivity contribution in [3.63, 3.8) is 0 Å². The molecule has 0 radical (unpaired) electrons. The minimum atomic E-state index is -1.09. The van der Waals surface area contributed by atoms with Crippen LogP contribution in [0.3, 0.4) is 0 Å². The summed E-state index contributed by atoms with van der Waals surface area (Å²) in [5, 5.41) is 12.7. The van der Waals surface area contributed by atoms with Gasteiger partial charge >= 0.3 is 5.97 Å². The van der Waals surface area contributed by atoms with Crippen LogP contribution in [-0.4, -0.2) is 30.4 Å². The lowest BCUT2D eigenvalue weighted by molar-refractivity contribution is 0.0698. The number of benzene rings is 2. The number of pyridine rings is 1. The average molecular weight is 524 g/mol. The summed E-state index contributed by atoms with van der Waals surface area (Å²) in [6.07, 6.45) is 1.12. The number of fused-ring (bicyclic) bond motifs is 1. The van der Waals surface area contributed by atoms with E-state index in [1.807, 2.05) is 44.2 Å². The molecular formula is C30H26FN5O3. The Labute approximate surface area is 223 Å². The van der Waals surface area contributed by atoms with Crippen molar-refractivity contribution in [1.29, 1.82) is 0 Å². The first-order valence-electron chi connectivity index (χ1n) is 12.4. The fourth-order valence-corrected chi connectivity index (χ4v) is 4.69. The predicted molar refractivity (Wildman–Crippen MR) is 148 cm³/mol. The Bertz CT molecular complexity index is 1780. The van der Waals surface area contributed by atoms with Crippen molar-refractivity contribution in [3.05, 3.63) is 111 Å². The zero-order chi connectivity index (χ0) is 27.8.